The smallest absolute Gasteiger partial charge is 0.122 e. The van der Waals surface area contributed by atoms with Gasteiger partial charge in [-0.1, -0.05) is 18.2 Å². The molecule has 0 saturated carbocycles. The van der Waals surface area contributed by atoms with Gasteiger partial charge >= 0.3 is 0 Å². The number of ether oxygens (including phenoxy) is 1. The average Bonchev–Trinajstić information content (AvgIpc) is 2.59. The van der Waals surface area contributed by atoms with Crippen molar-refractivity contribution in [2.24, 2.45) is 0 Å². The summed E-state index contributed by atoms with van der Waals surface area (Å²) < 4.78 is 5.42. The van der Waals surface area contributed by atoms with Crippen molar-refractivity contribution in [3.05, 3.63) is 59.2 Å². The first-order chi connectivity index (χ1) is 11.2. The summed E-state index contributed by atoms with van der Waals surface area (Å²) in [7, 11) is 1.75. The van der Waals surface area contributed by atoms with E-state index in [4.69, 9.17) is 4.74 Å². The van der Waals surface area contributed by atoms with E-state index < -0.39 is 0 Å². The second kappa shape index (κ2) is 7.05. The number of rotatable bonds is 4. The van der Waals surface area contributed by atoms with Gasteiger partial charge in [0.25, 0.3) is 0 Å². The molecule has 0 unspecified atom stereocenters. The number of benzene rings is 2. The van der Waals surface area contributed by atoms with Crippen LogP contribution >= 0.6 is 0 Å². The second-order valence-corrected chi connectivity index (χ2v) is 6.50. The van der Waals surface area contributed by atoms with Crippen molar-refractivity contribution in [1.82, 2.24) is 0 Å². The summed E-state index contributed by atoms with van der Waals surface area (Å²) in [6.07, 6.45) is 0. The number of anilines is 1. The first-order valence-corrected chi connectivity index (χ1v) is 8.45. The van der Waals surface area contributed by atoms with Gasteiger partial charge in [0.2, 0.25) is 0 Å². The third-order valence-electron chi connectivity index (χ3n) is 4.89. The number of nitrogens with zero attached hydrogens (tertiary/aromatic N) is 1. The number of quaternary nitrogens is 1. The SMILES string of the molecule is COc1cc(C)c(C[NH+]2CCN(c3ccccc3)CC2)cc1C. The van der Waals surface area contributed by atoms with Gasteiger partial charge in [0, 0.05) is 11.3 Å². The van der Waals surface area contributed by atoms with Gasteiger partial charge < -0.3 is 14.5 Å². The summed E-state index contributed by atoms with van der Waals surface area (Å²) in [4.78, 5) is 4.17. The van der Waals surface area contributed by atoms with Crippen LogP contribution in [0.4, 0.5) is 5.69 Å². The number of para-hydroxylation sites is 1. The highest BCUT2D eigenvalue weighted by molar-refractivity contribution is 5.46. The second-order valence-electron chi connectivity index (χ2n) is 6.50. The Morgan fingerprint density at radius 2 is 1.70 bits per heavy atom. The molecule has 0 radical (unpaired) electrons. The summed E-state index contributed by atoms with van der Waals surface area (Å²) in [5.74, 6) is 0.996. The van der Waals surface area contributed by atoms with Gasteiger partial charge in [-0.15, -0.1) is 0 Å². The van der Waals surface area contributed by atoms with Crippen molar-refractivity contribution in [3.8, 4) is 5.75 Å². The van der Waals surface area contributed by atoms with Gasteiger partial charge in [0.05, 0.1) is 33.3 Å². The lowest BCUT2D eigenvalue weighted by Crippen LogP contribution is -3.13. The molecule has 3 nitrogen and oxygen atoms in total. The summed E-state index contributed by atoms with van der Waals surface area (Å²) in [6, 6.07) is 15.2. The zero-order valence-electron chi connectivity index (χ0n) is 14.4. The molecule has 0 bridgehead atoms. The predicted octanol–water partition coefficient (Wildman–Crippen LogP) is 2.22. The van der Waals surface area contributed by atoms with Gasteiger partial charge in [0.15, 0.2) is 0 Å². The van der Waals surface area contributed by atoms with E-state index in [1.54, 1.807) is 12.0 Å². The molecule has 1 aliphatic heterocycles. The van der Waals surface area contributed by atoms with E-state index >= 15 is 0 Å². The molecule has 1 saturated heterocycles. The highest BCUT2D eigenvalue weighted by Gasteiger charge is 2.21. The van der Waals surface area contributed by atoms with Crippen molar-refractivity contribution in [2.45, 2.75) is 20.4 Å². The maximum absolute atomic E-state index is 5.42. The number of methoxy groups -OCH3 is 1. The molecular formula is C20H27N2O+. The minimum atomic E-state index is 0.996. The monoisotopic (exact) mass is 311 g/mol. The molecule has 0 spiro atoms. The number of aryl methyl sites for hydroxylation is 2. The maximum atomic E-state index is 5.42. The standard InChI is InChI=1S/C20H26N2O/c1-16-14-20(23-3)17(2)13-18(16)15-21-9-11-22(12-10-21)19-7-5-4-6-8-19/h4-8,13-14H,9-12,15H2,1-3H3/p+1. The number of hydrogen-bond donors (Lipinski definition) is 1. The van der Waals surface area contributed by atoms with Crippen LogP contribution in [0, 0.1) is 13.8 Å². The lowest BCUT2D eigenvalue weighted by atomic mass is 10.0. The zero-order chi connectivity index (χ0) is 16.2. The fourth-order valence-electron chi connectivity index (χ4n) is 3.43. The van der Waals surface area contributed by atoms with Crippen LogP contribution in [0.3, 0.4) is 0 Å². The Morgan fingerprint density at radius 3 is 2.35 bits per heavy atom. The Hall–Kier alpha value is -2.00. The topological polar surface area (TPSA) is 16.9 Å². The average molecular weight is 311 g/mol. The van der Waals surface area contributed by atoms with Crippen molar-refractivity contribution in [3.63, 3.8) is 0 Å². The normalized spacial score (nSPS) is 15.7. The van der Waals surface area contributed by atoms with E-state index in [0.29, 0.717) is 0 Å². The Labute approximate surface area is 139 Å². The number of piperazine rings is 1. The minimum absolute atomic E-state index is 0.996. The van der Waals surface area contributed by atoms with Crippen LogP contribution in [-0.2, 0) is 6.54 Å². The predicted molar refractivity (Wildman–Crippen MR) is 95.5 cm³/mol. The van der Waals surface area contributed by atoms with Gasteiger partial charge in [-0.25, -0.2) is 0 Å². The Balaban J connectivity index is 1.62. The molecular weight excluding hydrogens is 284 g/mol. The molecule has 0 aromatic heterocycles. The third-order valence-corrected chi connectivity index (χ3v) is 4.89. The van der Waals surface area contributed by atoms with Crippen molar-refractivity contribution in [1.29, 1.82) is 0 Å². The Bertz CT molecular complexity index is 646. The third kappa shape index (κ3) is 3.67. The van der Waals surface area contributed by atoms with Crippen LogP contribution in [0.2, 0.25) is 0 Å². The number of nitrogens with one attached hydrogen (secondary N) is 1. The quantitative estimate of drug-likeness (QED) is 0.932. The van der Waals surface area contributed by atoms with Crippen LogP contribution in [0.25, 0.3) is 0 Å². The minimum Gasteiger partial charge on any atom is -0.496 e. The summed E-state index contributed by atoms with van der Waals surface area (Å²) >= 11 is 0. The van der Waals surface area contributed by atoms with Gasteiger partial charge in [-0.2, -0.15) is 0 Å². The van der Waals surface area contributed by atoms with Gasteiger partial charge in [-0.3, -0.25) is 0 Å². The van der Waals surface area contributed by atoms with E-state index in [1.165, 1.54) is 35.5 Å². The van der Waals surface area contributed by atoms with Crippen LogP contribution in [-0.4, -0.2) is 33.3 Å². The van der Waals surface area contributed by atoms with Gasteiger partial charge in [-0.05, 0) is 49.2 Å². The first kappa shape index (κ1) is 15.9. The molecule has 23 heavy (non-hydrogen) atoms. The lowest BCUT2D eigenvalue weighted by molar-refractivity contribution is -0.914. The molecule has 122 valence electrons. The maximum Gasteiger partial charge on any atom is 0.122 e. The van der Waals surface area contributed by atoms with Crippen molar-refractivity contribution >= 4 is 5.69 Å². The van der Waals surface area contributed by atoms with Crippen molar-refractivity contribution < 1.29 is 9.64 Å². The molecule has 1 heterocycles. The summed E-state index contributed by atoms with van der Waals surface area (Å²) in [6.45, 7) is 10.1. The van der Waals surface area contributed by atoms with Crippen LogP contribution < -0.4 is 14.5 Å². The zero-order valence-corrected chi connectivity index (χ0v) is 14.4. The first-order valence-electron chi connectivity index (χ1n) is 8.45. The largest absolute Gasteiger partial charge is 0.496 e. The van der Waals surface area contributed by atoms with Crippen LogP contribution in [0.1, 0.15) is 16.7 Å². The Kier molecular flexibility index (Phi) is 4.87. The summed E-state index contributed by atoms with van der Waals surface area (Å²) in [5, 5.41) is 0. The van der Waals surface area contributed by atoms with Crippen molar-refractivity contribution in [2.75, 3.05) is 38.2 Å². The molecule has 2 aromatic carbocycles. The highest BCUT2D eigenvalue weighted by Crippen LogP contribution is 2.22. The fraction of sp³-hybridized carbons (Fsp3) is 0.400. The molecule has 0 atom stereocenters. The van der Waals surface area contributed by atoms with E-state index in [9.17, 15) is 0 Å². The molecule has 0 amide bonds. The lowest BCUT2D eigenvalue weighted by Gasteiger charge is -2.34. The molecule has 3 heteroatoms. The molecule has 1 aliphatic rings. The molecule has 2 aromatic rings. The molecule has 0 aliphatic carbocycles. The van der Waals surface area contributed by atoms with Crippen LogP contribution in [0.5, 0.6) is 5.75 Å². The fourth-order valence-corrected chi connectivity index (χ4v) is 3.43. The van der Waals surface area contributed by atoms with Gasteiger partial charge in [0.1, 0.15) is 12.3 Å². The van der Waals surface area contributed by atoms with E-state index in [-0.39, 0.29) is 0 Å². The molecule has 3 rings (SSSR count). The van der Waals surface area contributed by atoms with Crippen LogP contribution in [0.15, 0.2) is 42.5 Å². The highest BCUT2D eigenvalue weighted by atomic mass is 16.5. The Morgan fingerprint density at radius 1 is 1.00 bits per heavy atom. The number of hydrogen-bond acceptors (Lipinski definition) is 2. The van der Waals surface area contributed by atoms with E-state index in [2.05, 4.69) is 61.2 Å². The van der Waals surface area contributed by atoms with E-state index in [0.717, 1.165) is 25.4 Å². The molecule has 1 fully saturated rings. The van der Waals surface area contributed by atoms with E-state index in [1.807, 2.05) is 0 Å². The summed E-state index contributed by atoms with van der Waals surface area (Å²) in [5.41, 5.74) is 5.37. The molecule has 1 N–H and O–H groups in total.